The van der Waals surface area contributed by atoms with Gasteiger partial charge in [0.1, 0.15) is 0 Å². The number of hydrogen-bond acceptors (Lipinski definition) is 4. The Balaban J connectivity index is 2.43. The summed E-state index contributed by atoms with van der Waals surface area (Å²) in [6.45, 7) is 1.72. The van der Waals surface area contributed by atoms with E-state index in [9.17, 15) is 4.79 Å². The Morgan fingerprint density at radius 1 is 1.44 bits per heavy atom. The molecule has 0 atom stereocenters. The lowest BCUT2D eigenvalue weighted by Crippen LogP contribution is -2.19. The van der Waals surface area contributed by atoms with Crippen LogP contribution < -0.4 is 11.1 Å². The van der Waals surface area contributed by atoms with E-state index in [4.69, 9.17) is 10.3 Å². The van der Waals surface area contributed by atoms with Crippen molar-refractivity contribution in [3.63, 3.8) is 0 Å². The number of nitrogens with zero attached hydrogens (tertiary/aromatic N) is 2. The number of hydrogen-bond donors (Lipinski definition) is 2. The van der Waals surface area contributed by atoms with Crippen molar-refractivity contribution in [2.75, 3.05) is 5.32 Å². The third-order valence-electron chi connectivity index (χ3n) is 1.94. The molecule has 1 aromatic heterocycles. The zero-order valence-electron chi connectivity index (χ0n) is 8.60. The minimum absolute atomic E-state index is 0.349. The molecule has 0 unspecified atom stereocenters. The van der Waals surface area contributed by atoms with Gasteiger partial charge in [0.2, 0.25) is 0 Å². The predicted molar refractivity (Wildman–Crippen MR) is 57.7 cm³/mol. The normalized spacial score (nSPS) is 10.1. The molecule has 6 nitrogen and oxygen atoms in total. The first-order chi connectivity index (χ1) is 7.66. The lowest BCUT2D eigenvalue weighted by atomic mass is 10.2. The van der Waals surface area contributed by atoms with Crippen LogP contribution in [0.15, 0.2) is 28.8 Å². The van der Waals surface area contributed by atoms with Gasteiger partial charge >= 0.3 is 6.03 Å². The fourth-order valence-electron chi connectivity index (χ4n) is 1.32. The number of anilines is 1. The summed E-state index contributed by atoms with van der Waals surface area (Å²) in [6, 6.07) is 6.42. The molecule has 0 aliphatic heterocycles. The SMILES string of the molecule is Cc1noc(-c2ccccc2NC(N)=O)n1. The van der Waals surface area contributed by atoms with Crippen LogP contribution in [0.4, 0.5) is 10.5 Å². The Morgan fingerprint density at radius 2 is 2.19 bits per heavy atom. The predicted octanol–water partition coefficient (Wildman–Crippen LogP) is 1.54. The number of carbonyl (C=O) groups excluding carboxylic acids is 1. The van der Waals surface area contributed by atoms with Gasteiger partial charge < -0.3 is 15.6 Å². The number of nitrogens with two attached hydrogens (primary N) is 1. The van der Waals surface area contributed by atoms with Gasteiger partial charge in [-0.3, -0.25) is 0 Å². The molecule has 0 radical (unpaired) electrons. The van der Waals surface area contributed by atoms with Crippen LogP contribution in [0.25, 0.3) is 11.5 Å². The van der Waals surface area contributed by atoms with E-state index < -0.39 is 6.03 Å². The number of rotatable bonds is 2. The number of benzene rings is 1. The smallest absolute Gasteiger partial charge is 0.316 e. The summed E-state index contributed by atoms with van der Waals surface area (Å²) in [5, 5.41) is 6.18. The summed E-state index contributed by atoms with van der Waals surface area (Å²) in [5.74, 6) is 0.880. The standard InChI is InChI=1S/C10H10N4O2/c1-6-12-9(16-14-6)7-4-2-3-5-8(7)13-10(11)15/h2-5H,1H3,(H3,11,13,15). The number of amides is 2. The van der Waals surface area contributed by atoms with Crippen molar-refractivity contribution in [2.45, 2.75) is 6.92 Å². The third kappa shape index (κ3) is 2.00. The van der Waals surface area contributed by atoms with Crippen LogP contribution in [0.5, 0.6) is 0 Å². The highest BCUT2D eigenvalue weighted by atomic mass is 16.5. The summed E-state index contributed by atoms with van der Waals surface area (Å²) in [7, 11) is 0. The van der Waals surface area contributed by atoms with Gasteiger partial charge in [-0.2, -0.15) is 4.98 Å². The third-order valence-corrected chi connectivity index (χ3v) is 1.94. The molecule has 0 aliphatic carbocycles. The number of primary amides is 1. The van der Waals surface area contributed by atoms with E-state index in [0.29, 0.717) is 23.0 Å². The molecule has 82 valence electrons. The maximum absolute atomic E-state index is 10.8. The number of aromatic nitrogens is 2. The van der Waals surface area contributed by atoms with Crippen LogP contribution in [-0.4, -0.2) is 16.2 Å². The van der Waals surface area contributed by atoms with Crippen molar-refractivity contribution < 1.29 is 9.32 Å². The number of nitrogens with one attached hydrogen (secondary N) is 1. The minimum Gasteiger partial charge on any atom is -0.351 e. The molecule has 2 amide bonds. The highest BCUT2D eigenvalue weighted by Gasteiger charge is 2.11. The Hall–Kier alpha value is -2.37. The van der Waals surface area contributed by atoms with E-state index in [0.717, 1.165) is 0 Å². The lowest BCUT2D eigenvalue weighted by Gasteiger charge is -2.05. The summed E-state index contributed by atoms with van der Waals surface area (Å²) in [6.07, 6.45) is 0. The molecule has 0 saturated heterocycles. The monoisotopic (exact) mass is 218 g/mol. The average Bonchev–Trinajstić information content (AvgIpc) is 2.65. The fraction of sp³-hybridized carbons (Fsp3) is 0.100. The van der Waals surface area contributed by atoms with Gasteiger partial charge in [-0.05, 0) is 19.1 Å². The van der Waals surface area contributed by atoms with E-state index in [1.807, 2.05) is 0 Å². The molecule has 3 N–H and O–H groups in total. The molecule has 1 heterocycles. The van der Waals surface area contributed by atoms with Gasteiger partial charge in [0.15, 0.2) is 5.82 Å². The maximum Gasteiger partial charge on any atom is 0.316 e. The van der Waals surface area contributed by atoms with E-state index in [2.05, 4.69) is 15.5 Å². The summed E-state index contributed by atoms with van der Waals surface area (Å²) in [4.78, 5) is 14.9. The quantitative estimate of drug-likeness (QED) is 0.799. The second-order valence-electron chi connectivity index (χ2n) is 3.18. The highest BCUT2D eigenvalue weighted by Crippen LogP contribution is 2.25. The second-order valence-corrected chi connectivity index (χ2v) is 3.18. The molecule has 1 aromatic carbocycles. The minimum atomic E-state index is -0.635. The molecule has 6 heteroatoms. The van der Waals surface area contributed by atoms with Crippen LogP contribution in [0.1, 0.15) is 5.82 Å². The first kappa shape index (κ1) is 10.2. The summed E-state index contributed by atoms with van der Waals surface area (Å²) >= 11 is 0. The summed E-state index contributed by atoms with van der Waals surface area (Å²) in [5.41, 5.74) is 6.24. The van der Waals surface area contributed by atoms with Crippen LogP contribution in [-0.2, 0) is 0 Å². The van der Waals surface area contributed by atoms with E-state index in [-0.39, 0.29) is 0 Å². The zero-order chi connectivity index (χ0) is 11.5. The molecule has 0 bridgehead atoms. The zero-order valence-corrected chi connectivity index (χ0v) is 8.60. The first-order valence-electron chi connectivity index (χ1n) is 4.63. The molecule has 0 spiro atoms. The largest absolute Gasteiger partial charge is 0.351 e. The first-order valence-corrected chi connectivity index (χ1v) is 4.63. The van der Waals surface area contributed by atoms with Crippen molar-refractivity contribution in [1.82, 2.24) is 10.1 Å². The van der Waals surface area contributed by atoms with Gasteiger partial charge in [-0.15, -0.1) is 0 Å². The number of para-hydroxylation sites is 1. The van der Waals surface area contributed by atoms with Gasteiger partial charge in [0.25, 0.3) is 5.89 Å². The molecule has 2 aromatic rings. The average molecular weight is 218 g/mol. The highest BCUT2D eigenvalue weighted by molar-refractivity contribution is 5.92. The topological polar surface area (TPSA) is 94.0 Å². The van der Waals surface area contributed by atoms with Crippen LogP contribution in [0.2, 0.25) is 0 Å². The Labute approximate surface area is 91.5 Å². The van der Waals surface area contributed by atoms with Crippen molar-refractivity contribution >= 4 is 11.7 Å². The van der Waals surface area contributed by atoms with Crippen LogP contribution in [0, 0.1) is 6.92 Å². The Morgan fingerprint density at radius 3 is 2.81 bits per heavy atom. The second kappa shape index (κ2) is 4.01. The molecule has 0 aliphatic rings. The number of aryl methyl sites for hydroxylation is 1. The van der Waals surface area contributed by atoms with Crippen molar-refractivity contribution in [3.05, 3.63) is 30.1 Å². The van der Waals surface area contributed by atoms with Gasteiger partial charge in [-0.1, -0.05) is 17.3 Å². The van der Waals surface area contributed by atoms with Gasteiger partial charge in [0.05, 0.1) is 11.3 Å². The molecule has 0 fully saturated rings. The van der Waals surface area contributed by atoms with Crippen molar-refractivity contribution in [1.29, 1.82) is 0 Å². The Bertz CT molecular complexity index is 521. The lowest BCUT2D eigenvalue weighted by molar-refractivity contribution is 0.259. The number of carbonyl (C=O) groups is 1. The van der Waals surface area contributed by atoms with E-state index in [1.54, 1.807) is 31.2 Å². The van der Waals surface area contributed by atoms with Crippen LogP contribution >= 0.6 is 0 Å². The van der Waals surface area contributed by atoms with Crippen molar-refractivity contribution in [2.24, 2.45) is 5.73 Å². The summed E-state index contributed by atoms with van der Waals surface area (Å²) < 4.78 is 5.02. The van der Waals surface area contributed by atoms with E-state index >= 15 is 0 Å². The molecular weight excluding hydrogens is 208 g/mol. The molecule has 0 saturated carbocycles. The molecule has 2 rings (SSSR count). The van der Waals surface area contributed by atoms with Crippen LogP contribution in [0.3, 0.4) is 0 Å². The molecular formula is C10H10N4O2. The maximum atomic E-state index is 10.8. The van der Waals surface area contributed by atoms with E-state index in [1.165, 1.54) is 0 Å². The number of urea groups is 1. The Kier molecular flexibility index (Phi) is 2.55. The van der Waals surface area contributed by atoms with Gasteiger partial charge in [0, 0.05) is 0 Å². The van der Waals surface area contributed by atoms with Gasteiger partial charge in [-0.25, -0.2) is 4.79 Å². The molecule has 16 heavy (non-hydrogen) atoms. The van der Waals surface area contributed by atoms with Crippen molar-refractivity contribution in [3.8, 4) is 11.5 Å². The fourth-order valence-corrected chi connectivity index (χ4v) is 1.32.